The van der Waals surface area contributed by atoms with Gasteiger partial charge < -0.3 is 0 Å². The number of ketones is 1. The second kappa shape index (κ2) is 7.23. The Morgan fingerprint density at radius 2 is 1.66 bits per heavy atom. The van der Waals surface area contributed by atoms with Crippen molar-refractivity contribution in [3.8, 4) is 0 Å². The van der Waals surface area contributed by atoms with Gasteiger partial charge in [-0.3, -0.25) is 19.3 Å². The van der Waals surface area contributed by atoms with Crippen molar-refractivity contribution in [3.05, 3.63) is 65.5 Å². The fourth-order valence-electron chi connectivity index (χ4n) is 5.38. The van der Waals surface area contributed by atoms with Crippen LogP contribution in [0, 0.1) is 17.7 Å². The van der Waals surface area contributed by atoms with E-state index < -0.39 is 53.0 Å². The number of rotatable bonds is 3. The number of carbonyl (C=O) groups excluding carboxylic acids is 3. The Labute approximate surface area is 180 Å². The number of amides is 2. The average Bonchev–Trinajstić information content (AvgIpc) is 3.39. The highest BCUT2D eigenvalue weighted by molar-refractivity contribution is 6.24. The van der Waals surface area contributed by atoms with E-state index in [0.717, 1.165) is 41.7 Å². The molecule has 0 radical (unpaired) electrons. The zero-order chi connectivity index (χ0) is 22.8. The highest BCUT2D eigenvalue weighted by Crippen LogP contribution is 2.48. The molecule has 3 aliphatic heterocycles. The Kier molecular flexibility index (Phi) is 4.70. The summed E-state index contributed by atoms with van der Waals surface area (Å²) < 4.78 is 52.8. The van der Waals surface area contributed by atoms with Crippen LogP contribution in [0.4, 0.5) is 23.2 Å². The third-order valence-corrected chi connectivity index (χ3v) is 6.68. The summed E-state index contributed by atoms with van der Waals surface area (Å²) in [6.07, 6.45) is -3.27. The van der Waals surface area contributed by atoms with Crippen LogP contribution < -0.4 is 4.90 Å². The first kappa shape index (κ1) is 20.8. The van der Waals surface area contributed by atoms with Crippen LogP contribution in [0.15, 0.2) is 48.5 Å². The summed E-state index contributed by atoms with van der Waals surface area (Å²) in [5.41, 5.74) is -0.892. The minimum atomic E-state index is -4.62. The number of hydrogen-bond acceptors (Lipinski definition) is 4. The Morgan fingerprint density at radius 3 is 2.34 bits per heavy atom. The molecule has 9 heteroatoms. The van der Waals surface area contributed by atoms with E-state index in [1.54, 1.807) is 0 Å². The van der Waals surface area contributed by atoms with Gasteiger partial charge >= 0.3 is 6.18 Å². The molecule has 3 heterocycles. The molecule has 3 saturated heterocycles. The summed E-state index contributed by atoms with van der Waals surface area (Å²) in [7, 11) is 0. The number of Topliss-reactive ketones (excluding diaryl/α,β-unsaturated/α-hetero) is 1. The minimum Gasteiger partial charge on any atom is -0.292 e. The molecule has 2 aromatic carbocycles. The van der Waals surface area contributed by atoms with Crippen LogP contribution in [0.1, 0.15) is 28.8 Å². The molecule has 0 aromatic heterocycles. The van der Waals surface area contributed by atoms with E-state index in [9.17, 15) is 31.9 Å². The monoisotopic (exact) mass is 446 g/mol. The van der Waals surface area contributed by atoms with Gasteiger partial charge in [-0.1, -0.05) is 6.07 Å². The molecular weight excluding hydrogens is 428 g/mol. The van der Waals surface area contributed by atoms with Crippen LogP contribution in [0.3, 0.4) is 0 Å². The quantitative estimate of drug-likeness (QED) is 0.410. The molecule has 5 nitrogen and oxygen atoms in total. The summed E-state index contributed by atoms with van der Waals surface area (Å²) in [4.78, 5) is 42.7. The molecule has 3 aliphatic rings. The summed E-state index contributed by atoms with van der Waals surface area (Å²) in [5, 5.41) is 0. The van der Waals surface area contributed by atoms with Crippen LogP contribution in [0.2, 0.25) is 0 Å². The van der Waals surface area contributed by atoms with Crippen molar-refractivity contribution in [3.63, 3.8) is 0 Å². The molecule has 0 aliphatic carbocycles. The number of imide groups is 1. The van der Waals surface area contributed by atoms with Gasteiger partial charge in [0.2, 0.25) is 11.8 Å². The number of nitrogens with zero attached hydrogens (tertiary/aromatic N) is 2. The van der Waals surface area contributed by atoms with Crippen molar-refractivity contribution in [1.82, 2.24) is 4.90 Å². The van der Waals surface area contributed by atoms with Gasteiger partial charge in [0.1, 0.15) is 5.82 Å². The number of anilines is 1. The molecule has 5 rings (SSSR count). The number of halogens is 4. The van der Waals surface area contributed by atoms with Gasteiger partial charge in [0, 0.05) is 11.6 Å². The van der Waals surface area contributed by atoms with E-state index >= 15 is 0 Å². The molecule has 0 saturated carbocycles. The molecule has 2 aromatic rings. The average molecular weight is 446 g/mol. The summed E-state index contributed by atoms with van der Waals surface area (Å²) in [6, 6.07) is 7.81. The minimum absolute atomic E-state index is 0.151. The molecule has 4 atom stereocenters. The fourth-order valence-corrected chi connectivity index (χ4v) is 5.38. The largest absolute Gasteiger partial charge is 0.416 e. The van der Waals surface area contributed by atoms with E-state index in [2.05, 4.69) is 0 Å². The highest BCUT2D eigenvalue weighted by atomic mass is 19.4. The van der Waals surface area contributed by atoms with E-state index in [0.29, 0.717) is 13.0 Å². The number of alkyl halides is 3. The number of fused-ring (bicyclic) bond motifs is 3. The Hall–Kier alpha value is -3.07. The van der Waals surface area contributed by atoms with E-state index in [1.165, 1.54) is 18.2 Å². The Balaban J connectivity index is 1.54. The maximum Gasteiger partial charge on any atom is 0.416 e. The smallest absolute Gasteiger partial charge is 0.292 e. The standard InChI is InChI=1S/C23H18F4N2O3/c24-14-8-6-12(7-9-14)20(30)19-18-17(16-5-2-10-28(16)19)21(31)29(22(18)32)15-4-1-3-13(11-15)23(25,26)27/h1,3-4,6-9,11,16-19H,2,5,10H2/t16-,17-,18+,19-/m0/s1. The normalized spacial score (nSPS) is 27.7. The van der Waals surface area contributed by atoms with Crippen molar-refractivity contribution < 1.29 is 31.9 Å². The topological polar surface area (TPSA) is 57.7 Å². The van der Waals surface area contributed by atoms with E-state index in [1.807, 2.05) is 4.90 Å². The third-order valence-electron chi connectivity index (χ3n) is 6.68. The number of benzene rings is 2. The molecule has 3 fully saturated rings. The van der Waals surface area contributed by atoms with Crippen molar-refractivity contribution in [1.29, 1.82) is 0 Å². The number of carbonyl (C=O) groups is 3. The van der Waals surface area contributed by atoms with Gasteiger partial charge in [0.15, 0.2) is 5.78 Å². The fraction of sp³-hybridized carbons (Fsp3) is 0.348. The second-order valence-corrected chi connectivity index (χ2v) is 8.37. The van der Waals surface area contributed by atoms with Gasteiger partial charge in [0.25, 0.3) is 0 Å². The maximum atomic E-state index is 13.4. The molecular formula is C23H18F4N2O3. The highest BCUT2D eigenvalue weighted by Gasteiger charge is 2.64. The molecule has 0 spiro atoms. The lowest BCUT2D eigenvalue weighted by atomic mass is 9.85. The lowest BCUT2D eigenvalue weighted by molar-refractivity contribution is -0.137. The molecule has 32 heavy (non-hydrogen) atoms. The first-order valence-corrected chi connectivity index (χ1v) is 10.3. The van der Waals surface area contributed by atoms with Crippen LogP contribution in [-0.4, -0.2) is 41.1 Å². The SMILES string of the molecule is O=C(c1ccc(F)cc1)[C@@H]1[C@@H]2C(=O)N(c3cccc(C(F)(F)F)c3)C(=O)[C@H]2[C@@H]2CCCN12. The van der Waals surface area contributed by atoms with Crippen LogP contribution in [-0.2, 0) is 15.8 Å². The van der Waals surface area contributed by atoms with Crippen molar-refractivity contribution in [2.75, 3.05) is 11.4 Å². The van der Waals surface area contributed by atoms with Gasteiger partial charge in [-0.05, 0) is 61.9 Å². The second-order valence-electron chi connectivity index (χ2n) is 8.37. The first-order valence-electron chi connectivity index (χ1n) is 10.3. The third kappa shape index (κ3) is 3.06. The van der Waals surface area contributed by atoms with Gasteiger partial charge in [-0.2, -0.15) is 13.2 Å². The predicted molar refractivity (Wildman–Crippen MR) is 105 cm³/mol. The van der Waals surface area contributed by atoms with E-state index in [-0.39, 0.29) is 17.3 Å². The molecule has 166 valence electrons. The van der Waals surface area contributed by atoms with Crippen molar-refractivity contribution >= 4 is 23.3 Å². The molecule has 0 unspecified atom stereocenters. The van der Waals surface area contributed by atoms with Crippen molar-refractivity contribution in [2.24, 2.45) is 11.8 Å². The summed E-state index contributed by atoms with van der Waals surface area (Å²) in [5.74, 6) is -3.93. The summed E-state index contributed by atoms with van der Waals surface area (Å²) in [6.45, 7) is 0.541. The van der Waals surface area contributed by atoms with Gasteiger partial charge in [0.05, 0.1) is 29.1 Å². The lowest BCUT2D eigenvalue weighted by Crippen LogP contribution is -2.46. The lowest BCUT2D eigenvalue weighted by Gasteiger charge is -2.27. The van der Waals surface area contributed by atoms with Crippen LogP contribution in [0.25, 0.3) is 0 Å². The maximum absolute atomic E-state index is 13.4. The van der Waals surface area contributed by atoms with Gasteiger partial charge in [-0.25, -0.2) is 9.29 Å². The molecule has 2 amide bonds. The van der Waals surface area contributed by atoms with Gasteiger partial charge in [-0.15, -0.1) is 0 Å². The Bertz CT molecular complexity index is 1110. The zero-order valence-electron chi connectivity index (χ0n) is 16.7. The van der Waals surface area contributed by atoms with E-state index in [4.69, 9.17) is 0 Å². The van der Waals surface area contributed by atoms with Crippen molar-refractivity contribution in [2.45, 2.75) is 31.1 Å². The number of hydrogen-bond donors (Lipinski definition) is 0. The van der Waals surface area contributed by atoms with Crippen LogP contribution in [0.5, 0.6) is 0 Å². The predicted octanol–water partition coefficient (Wildman–Crippen LogP) is 3.68. The zero-order valence-corrected chi connectivity index (χ0v) is 16.7. The molecule has 0 bridgehead atoms. The summed E-state index contributed by atoms with van der Waals surface area (Å²) >= 11 is 0. The first-order chi connectivity index (χ1) is 15.2. The van der Waals surface area contributed by atoms with Crippen LogP contribution >= 0.6 is 0 Å². The Morgan fingerprint density at radius 1 is 0.969 bits per heavy atom. The molecule has 0 N–H and O–H groups in total.